The number of nitrogens with zero attached hydrogens (tertiary/aromatic N) is 2. The molecule has 3 aromatic rings. The molecule has 0 saturated carbocycles. The predicted octanol–water partition coefficient (Wildman–Crippen LogP) is 0.881. The molecule has 5 heteroatoms. The average molecular weight is 336 g/mol. The zero-order valence-corrected chi connectivity index (χ0v) is 13.9. The van der Waals surface area contributed by atoms with Crippen molar-refractivity contribution in [2.45, 2.75) is 0 Å². The second-order valence-electron chi connectivity index (χ2n) is 5.75. The Morgan fingerprint density at radius 3 is 1.64 bits per heavy atom. The molecule has 0 aliphatic heterocycles. The molecule has 0 amide bonds. The Morgan fingerprint density at radius 2 is 1.16 bits per heavy atom. The summed E-state index contributed by atoms with van der Waals surface area (Å²) < 4.78 is 15.7. The highest BCUT2D eigenvalue weighted by Crippen LogP contribution is 2.02. The van der Waals surface area contributed by atoms with E-state index >= 15 is 0 Å². The van der Waals surface area contributed by atoms with E-state index < -0.39 is 0 Å². The second-order valence-corrected chi connectivity index (χ2v) is 5.75. The number of benzene rings is 2. The van der Waals surface area contributed by atoms with Crippen molar-refractivity contribution < 1.29 is 4.39 Å². The molecule has 126 valence electrons. The van der Waals surface area contributed by atoms with Crippen molar-refractivity contribution in [3.63, 3.8) is 0 Å². The lowest BCUT2D eigenvalue weighted by molar-refractivity contribution is 0.627. The summed E-state index contributed by atoms with van der Waals surface area (Å²) in [6.07, 6.45) is 3.26. The van der Waals surface area contributed by atoms with Crippen molar-refractivity contribution in [3.05, 3.63) is 103 Å². The van der Waals surface area contributed by atoms with Crippen molar-refractivity contribution in [2.24, 2.45) is 14.1 Å². The monoisotopic (exact) mass is 336 g/mol. The van der Waals surface area contributed by atoms with Crippen LogP contribution >= 0.6 is 0 Å². The third-order valence-corrected chi connectivity index (χ3v) is 4.05. The summed E-state index contributed by atoms with van der Waals surface area (Å²) in [5, 5.41) is 0.541. The zero-order chi connectivity index (χ0) is 18.0. The molecule has 0 unspecified atom stereocenters. The molecule has 2 aromatic carbocycles. The van der Waals surface area contributed by atoms with Gasteiger partial charge >= 0.3 is 0 Å². The lowest BCUT2D eigenvalue weighted by Gasteiger charge is -2.05. The van der Waals surface area contributed by atoms with Crippen molar-refractivity contribution in [3.8, 4) is 0 Å². The molecule has 0 aliphatic rings. The largest absolute Gasteiger partial charge is 0.305 e. The maximum Gasteiger partial charge on any atom is 0.274 e. The SMILES string of the molecule is Cn1c(=O)c(=Cc2ccc(F)cc2)n(C)c(=O)c1=Cc1ccccc1. The van der Waals surface area contributed by atoms with E-state index in [1.807, 2.05) is 30.3 Å². The molecule has 25 heavy (non-hydrogen) atoms. The van der Waals surface area contributed by atoms with Gasteiger partial charge in [-0.25, -0.2) is 4.39 Å². The minimum Gasteiger partial charge on any atom is -0.305 e. The van der Waals surface area contributed by atoms with Crippen LogP contribution in [-0.2, 0) is 14.1 Å². The van der Waals surface area contributed by atoms with Crippen LogP contribution in [0.5, 0.6) is 0 Å². The third kappa shape index (κ3) is 3.35. The van der Waals surface area contributed by atoms with Crippen LogP contribution in [-0.4, -0.2) is 9.13 Å². The standard InChI is InChI=1S/C20H17FN2O2/c1-22-17(12-14-6-4-3-5-7-14)19(24)23(2)18(20(22)25)13-15-8-10-16(21)11-9-15/h3-13H,1-2H3. The molecule has 1 aromatic heterocycles. The highest BCUT2D eigenvalue weighted by Gasteiger charge is 2.05. The first-order valence-electron chi connectivity index (χ1n) is 7.77. The molecule has 3 rings (SSSR count). The van der Waals surface area contributed by atoms with Gasteiger partial charge < -0.3 is 9.13 Å². The van der Waals surface area contributed by atoms with E-state index in [0.29, 0.717) is 10.9 Å². The molecular weight excluding hydrogens is 319 g/mol. The first-order valence-corrected chi connectivity index (χ1v) is 7.77. The van der Waals surface area contributed by atoms with E-state index in [4.69, 9.17) is 0 Å². The molecule has 0 fully saturated rings. The maximum absolute atomic E-state index is 13.0. The Balaban J connectivity index is 2.29. The first kappa shape index (κ1) is 16.6. The summed E-state index contributed by atoms with van der Waals surface area (Å²) in [4.78, 5) is 25.4. The van der Waals surface area contributed by atoms with Gasteiger partial charge in [0.25, 0.3) is 11.1 Å². The quantitative estimate of drug-likeness (QED) is 0.697. The molecule has 0 radical (unpaired) electrons. The van der Waals surface area contributed by atoms with Gasteiger partial charge in [-0.1, -0.05) is 42.5 Å². The van der Waals surface area contributed by atoms with Crippen LogP contribution in [0.15, 0.2) is 64.2 Å². The highest BCUT2D eigenvalue weighted by atomic mass is 19.1. The van der Waals surface area contributed by atoms with Gasteiger partial charge in [-0.15, -0.1) is 0 Å². The first-order chi connectivity index (χ1) is 12.0. The summed E-state index contributed by atoms with van der Waals surface area (Å²) >= 11 is 0. The van der Waals surface area contributed by atoms with E-state index in [2.05, 4.69) is 0 Å². The van der Waals surface area contributed by atoms with Gasteiger partial charge in [0, 0.05) is 14.1 Å². The molecule has 0 N–H and O–H groups in total. The molecule has 0 spiro atoms. The Bertz CT molecular complexity index is 1140. The van der Waals surface area contributed by atoms with Gasteiger partial charge in [0.05, 0.1) is 0 Å². The van der Waals surface area contributed by atoms with Crippen molar-refractivity contribution in [1.82, 2.24) is 9.13 Å². The zero-order valence-electron chi connectivity index (χ0n) is 13.9. The van der Waals surface area contributed by atoms with Gasteiger partial charge in [0.1, 0.15) is 16.5 Å². The topological polar surface area (TPSA) is 44.0 Å². The molecule has 0 bridgehead atoms. The van der Waals surface area contributed by atoms with Crippen molar-refractivity contribution >= 4 is 12.2 Å². The third-order valence-electron chi connectivity index (χ3n) is 4.05. The smallest absolute Gasteiger partial charge is 0.274 e. The molecule has 1 heterocycles. The van der Waals surface area contributed by atoms with Crippen molar-refractivity contribution in [1.29, 1.82) is 0 Å². The maximum atomic E-state index is 13.0. The number of rotatable bonds is 2. The Morgan fingerprint density at radius 1 is 0.720 bits per heavy atom. The van der Waals surface area contributed by atoms with Gasteiger partial charge in [0.15, 0.2) is 0 Å². The Labute approximate surface area is 143 Å². The molecule has 0 saturated heterocycles. The predicted molar refractivity (Wildman–Crippen MR) is 96.2 cm³/mol. The van der Waals surface area contributed by atoms with Crippen LogP contribution in [0.25, 0.3) is 12.2 Å². The number of aromatic nitrogens is 2. The van der Waals surface area contributed by atoms with E-state index in [1.54, 1.807) is 38.4 Å². The van der Waals surface area contributed by atoms with E-state index in [9.17, 15) is 14.0 Å². The molecule has 0 atom stereocenters. The lowest BCUT2D eigenvalue weighted by Crippen LogP contribution is -2.56. The summed E-state index contributed by atoms with van der Waals surface area (Å²) in [7, 11) is 3.13. The van der Waals surface area contributed by atoms with Crippen LogP contribution in [0.1, 0.15) is 11.1 Å². The van der Waals surface area contributed by atoms with E-state index in [1.165, 1.54) is 21.3 Å². The van der Waals surface area contributed by atoms with Gasteiger partial charge in [0.2, 0.25) is 0 Å². The van der Waals surface area contributed by atoms with Gasteiger partial charge in [-0.3, -0.25) is 9.59 Å². The second kappa shape index (κ2) is 6.73. The van der Waals surface area contributed by atoms with Crippen LogP contribution in [0.3, 0.4) is 0 Å². The minimum absolute atomic E-state index is 0.240. The van der Waals surface area contributed by atoms with Gasteiger partial charge in [-0.05, 0) is 35.4 Å². The fraction of sp³-hybridized carbons (Fsp3) is 0.100. The summed E-state index contributed by atoms with van der Waals surface area (Å²) in [5.74, 6) is -0.355. The number of hydrogen-bond donors (Lipinski definition) is 0. The molecule has 4 nitrogen and oxygen atoms in total. The normalized spacial score (nSPS) is 12.6. The fourth-order valence-electron chi connectivity index (χ4n) is 2.59. The van der Waals surface area contributed by atoms with Crippen LogP contribution in [0.2, 0.25) is 0 Å². The summed E-state index contributed by atoms with van der Waals surface area (Å²) in [5.41, 5.74) is 0.908. The summed E-state index contributed by atoms with van der Waals surface area (Å²) in [6, 6.07) is 15.1. The molecular formula is C20H17FN2O2. The van der Waals surface area contributed by atoms with Gasteiger partial charge in [-0.2, -0.15) is 0 Å². The van der Waals surface area contributed by atoms with E-state index in [-0.39, 0.29) is 22.3 Å². The Hall–Kier alpha value is -3.21. The van der Waals surface area contributed by atoms with E-state index in [0.717, 1.165) is 5.56 Å². The molecule has 0 aliphatic carbocycles. The average Bonchev–Trinajstić information content (AvgIpc) is 2.63. The lowest BCUT2D eigenvalue weighted by atomic mass is 10.2. The van der Waals surface area contributed by atoms with Crippen LogP contribution in [0, 0.1) is 5.82 Å². The number of hydrogen-bond acceptors (Lipinski definition) is 2. The van der Waals surface area contributed by atoms with Crippen LogP contribution in [0.4, 0.5) is 4.39 Å². The minimum atomic E-state index is -0.355. The summed E-state index contributed by atoms with van der Waals surface area (Å²) in [6.45, 7) is 0. The van der Waals surface area contributed by atoms with Crippen molar-refractivity contribution in [2.75, 3.05) is 0 Å². The number of halogens is 1. The van der Waals surface area contributed by atoms with Crippen LogP contribution < -0.4 is 21.8 Å². The highest BCUT2D eigenvalue weighted by molar-refractivity contribution is 5.49. The fourth-order valence-corrected chi connectivity index (χ4v) is 2.59. The Kier molecular flexibility index (Phi) is 4.48.